The molecule has 0 unspecified atom stereocenters. The maximum atomic E-state index is 13.2. The van der Waals surface area contributed by atoms with E-state index in [1.807, 2.05) is 18.2 Å². The molecule has 3 aromatic rings. The minimum atomic E-state index is -1.26. The lowest BCUT2D eigenvalue weighted by atomic mass is 9.94. The summed E-state index contributed by atoms with van der Waals surface area (Å²) in [7, 11) is 1.59. The number of para-hydroxylation sites is 1. The molecular formula is C29H26N4O6. The number of aliphatic hydroxyl groups is 1. The van der Waals surface area contributed by atoms with E-state index in [9.17, 15) is 19.5 Å². The predicted octanol–water partition coefficient (Wildman–Crippen LogP) is 1.97. The van der Waals surface area contributed by atoms with Crippen molar-refractivity contribution in [1.82, 2.24) is 15.2 Å². The van der Waals surface area contributed by atoms with Crippen molar-refractivity contribution in [2.75, 3.05) is 31.6 Å². The number of ether oxygens (including phenoxy) is 2. The van der Waals surface area contributed by atoms with Crippen LogP contribution in [-0.2, 0) is 9.59 Å². The molecule has 3 amide bonds. The number of amides is 3. The smallest absolute Gasteiger partial charge is 0.270 e. The molecule has 2 aromatic carbocycles. The summed E-state index contributed by atoms with van der Waals surface area (Å²) in [6.07, 6.45) is 1.46. The number of hydrogen-bond donors (Lipinski definition) is 2. The van der Waals surface area contributed by atoms with Crippen LogP contribution in [0.2, 0.25) is 0 Å². The van der Waals surface area contributed by atoms with Gasteiger partial charge >= 0.3 is 0 Å². The van der Waals surface area contributed by atoms with Crippen LogP contribution in [-0.4, -0.2) is 71.1 Å². The lowest BCUT2D eigenvalue weighted by molar-refractivity contribution is -0.144. The van der Waals surface area contributed by atoms with E-state index < -0.39 is 17.6 Å². The number of nitrogens with zero attached hydrogens (tertiary/aromatic N) is 3. The Kier molecular flexibility index (Phi) is 6.92. The van der Waals surface area contributed by atoms with E-state index in [0.717, 1.165) is 0 Å². The first-order valence-electron chi connectivity index (χ1n) is 12.3. The summed E-state index contributed by atoms with van der Waals surface area (Å²) in [5.74, 6) is 6.19. The molecule has 0 radical (unpaired) electrons. The summed E-state index contributed by atoms with van der Waals surface area (Å²) in [5.41, 5.74) is -0.126. The Bertz CT molecular complexity index is 1490. The zero-order valence-corrected chi connectivity index (χ0v) is 21.4. The van der Waals surface area contributed by atoms with Gasteiger partial charge in [-0.05, 0) is 36.4 Å². The number of aromatic nitrogens is 1. The summed E-state index contributed by atoms with van der Waals surface area (Å²) in [4.78, 5) is 44.6. The van der Waals surface area contributed by atoms with Crippen LogP contribution in [0, 0.1) is 11.8 Å². The third kappa shape index (κ3) is 5.68. The number of carbonyl (C=O) groups is 3. The quantitative estimate of drug-likeness (QED) is 0.499. The van der Waals surface area contributed by atoms with Gasteiger partial charge in [0.2, 0.25) is 5.91 Å². The summed E-state index contributed by atoms with van der Waals surface area (Å²) in [6.45, 7) is 1.67. The van der Waals surface area contributed by atoms with Gasteiger partial charge in [-0.15, -0.1) is 0 Å². The number of hydrogen-bond acceptors (Lipinski definition) is 7. The van der Waals surface area contributed by atoms with Gasteiger partial charge in [0, 0.05) is 31.8 Å². The number of benzene rings is 2. The fourth-order valence-electron chi connectivity index (χ4n) is 4.21. The second kappa shape index (κ2) is 10.5. The Hall–Kier alpha value is -4.88. The number of nitrogens with one attached hydrogen (secondary N) is 1. The highest BCUT2D eigenvalue weighted by Crippen LogP contribution is 2.32. The largest absolute Gasteiger partial charge is 0.489 e. The van der Waals surface area contributed by atoms with Crippen molar-refractivity contribution in [2.24, 2.45) is 0 Å². The van der Waals surface area contributed by atoms with Gasteiger partial charge in [-0.2, -0.15) is 0 Å². The van der Waals surface area contributed by atoms with Gasteiger partial charge in [0.05, 0.1) is 18.8 Å². The van der Waals surface area contributed by atoms with E-state index in [2.05, 4.69) is 22.1 Å². The Morgan fingerprint density at radius 3 is 2.64 bits per heavy atom. The first-order valence-corrected chi connectivity index (χ1v) is 12.3. The molecule has 2 aliphatic rings. The third-order valence-corrected chi connectivity index (χ3v) is 6.39. The summed E-state index contributed by atoms with van der Waals surface area (Å²) < 4.78 is 11.6. The van der Waals surface area contributed by atoms with Crippen LogP contribution in [0.5, 0.6) is 17.2 Å². The molecule has 1 saturated heterocycles. The molecule has 0 aliphatic carbocycles. The van der Waals surface area contributed by atoms with Crippen molar-refractivity contribution in [1.29, 1.82) is 0 Å². The number of carbonyl (C=O) groups excluding carboxylic acids is 3. The van der Waals surface area contributed by atoms with Crippen LogP contribution in [0.15, 0.2) is 66.9 Å². The molecule has 10 heteroatoms. The van der Waals surface area contributed by atoms with Gasteiger partial charge in [-0.1, -0.05) is 30.0 Å². The van der Waals surface area contributed by atoms with E-state index >= 15 is 0 Å². The highest BCUT2D eigenvalue weighted by molar-refractivity contribution is 6.03. The van der Waals surface area contributed by atoms with Gasteiger partial charge in [0.25, 0.3) is 11.8 Å². The Morgan fingerprint density at radius 2 is 1.90 bits per heavy atom. The number of β-amino-alcohol motifs (C(OH)–C–C–N with tert-alkyl or cyclic N) is 1. The summed E-state index contributed by atoms with van der Waals surface area (Å²) >= 11 is 0. The Morgan fingerprint density at radius 1 is 1.13 bits per heavy atom. The Balaban J connectivity index is 1.27. The summed E-state index contributed by atoms with van der Waals surface area (Å²) in [6, 6.07) is 16.4. The average molecular weight is 527 g/mol. The monoisotopic (exact) mass is 526 g/mol. The molecule has 1 fully saturated rings. The SMILES string of the molecule is CC(=O)N1CC(O)(C#Cc2ccc3c(c2)N(C)C(=O)[C@H](NC(=O)c2cc(Oc4ccccc4)ccn2)CO3)C1. The number of anilines is 1. The first kappa shape index (κ1) is 25.8. The lowest BCUT2D eigenvalue weighted by Gasteiger charge is -2.42. The molecule has 198 valence electrons. The van der Waals surface area contributed by atoms with Crippen LogP contribution in [0.4, 0.5) is 5.69 Å². The molecule has 5 rings (SSSR count). The maximum Gasteiger partial charge on any atom is 0.270 e. The van der Waals surface area contributed by atoms with E-state index in [1.165, 1.54) is 29.0 Å². The van der Waals surface area contributed by atoms with Crippen LogP contribution in [0.1, 0.15) is 23.0 Å². The minimum Gasteiger partial charge on any atom is -0.489 e. The molecular weight excluding hydrogens is 500 g/mol. The van der Waals surface area contributed by atoms with Crippen LogP contribution in [0.3, 0.4) is 0 Å². The van der Waals surface area contributed by atoms with Crippen LogP contribution in [0.25, 0.3) is 0 Å². The van der Waals surface area contributed by atoms with Gasteiger partial charge in [-0.25, -0.2) is 0 Å². The zero-order chi connectivity index (χ0) is 27.6. The predicted molar refractivity (Wildman–Crippen MR) is 141 cm³/mol. The molecule has 39 heavy (non-hydrogen) atoms. The average Bonchev–Trinajstić information content (AvgIpc) is 3.03. The lowest BCUT2D eigenvalue weighted by Crippen LogP contribution is -2.62. The number of pyridine rings is 1. The van der Waals surface area contributed by atoms with Gasteiger partial charge in [0.15, 0.2) is 5.60 Å². The second-order valence-electron chi connectivity index (χ2n) is 9.37. The fraction of sp³-hybridized carbons (Fsp3) is 0.241. The van der Waals surface area contributed by atoms with E-state index in [4.69, 9.17) is 9.47 Å². The topological polar surface area (TPSA) is 121 Å². The van der Waals surface area contributed by atoms with E-state index in [1.54, 1.807) is 43.4 Å². The number of likely N-dealkylation sites (N-methyl/N-ethyl adjacent to an activating group) is 1. The van der Waals surface area contributed by atoms with Gasteiger partial charge in [-0.3, -0.25) is 19.4 Å². The van der Waals surface area contributed by atoms with Crippen molar-refractivity contribution in [3.63, 3.8) is 0 Å². The molecule has 2 N–H and O–H groups in total. The second-order valence-corrected chi connectivity index (χ2v) is 9.37. The first-order chi connectivity index (χ1) is 18.7. The molecule has 10 nitrogen and oxygen atoms in total. The molecule has 1 aromatic heterocycles. The fourth-order valence-corrected chi connectivity index (χ4v) is 4.21. The van der Waals surface area contributed by atoms with Crippen molar-refractivity contribution >= 4 is 23.4 Å². The molecule has 0 saturated carbocycles. The van der Waals surface area contributed by atoms with E-state index in [-0.39, 0.29) is 37.2 Å². The molecule has 1 atom stereocenters. The van der Waals surface area contributed by atoms with Crippen LogP contribution < -0.4 is 19.7 Å². The highest BCUT2D eigenvalue weighted by Gasteiger charge is 2.41. The minimum absolute atomic E-state index is 0.0756. The van der Waals surface area contributed by atoms with E-state index in [0.29, 0.717) is 28.5 Å². The number of fused-ring (bicyclic) bond motifs is 1. The van der Waals surface area contributed by atoms with Crippen molar-refractivity contribution in [3.8, 4) is 29.1 Å². The zero-order valence-electron chi connectivity index (χ0n) is 21.4. The molecule has 3 heterocycles. The standard InChI is InChI=1S/C29H26N4O6/c1-19(34)33-17-29(37,18-33)12-10-20-8-9-26-25(14-20)32(2)28(36)24(16-38-26)31-27(35)23-15-22(11-13-30-23)39-21-6-4-3-5-7-21/h3-9,11,13-15,24,37H,16-18H2,1-2H3,(H,31,35)/t24-/m1/s1. The molecule has 0 spiro atoms. The van der Waals surface area contributed by atoms with Gasteiger partial charge in [0.1, 0.15) is 35.6 Å². The van der Waals surface area contributed by atoms with Gasteiger partial charge < -0.3 is 29.7 Å². The van der Waals surface area contributed by atoms with Crippen LogP contribution >= 0.6 is 0 Å². The van der Waals surface area contributed by atoms with Crippen molar-refractivity contribution in [2.45, 2.75) is 18.6 Å². The highest BCUT2D eigenvalue weighted by atomic mass is 16.5. The molecule has 0 bridgehead atoms. The summed E-state index contributed by atoms with van der Waals surface area (Å²) in [5, 5.41) is 13.2. The molecule has 2 aliphatic heterocycles. The third-order valence-electron chi connectivity index (χ3n) is 6.39. The number of rotatable bonds is 4. The normalized spacial score (nSPS) is 17.4. The van der Waals surface area contributed by atoms with Crippen molar-refractivity contribution in [3.05, 3.63) is 78.1 Å². The Labute approximate surface area is 225 Å². The maximum absolute atomic E-state index is 13.2. The van der Waals surface area contributed by atoms with Crippen molar-refractivity contribution < 1.29 is 29.0 Å². The number of likely N-dealkylation sites (tertiary alicyclic amines) is 1.